The van der Waals surface area contributed by atoms with E-state index in [1.807, 2.05) is 12.1 Å². The van der Waals surface area contributed by atoms with Gasteiger partial charge in [-0.25, -0.2) is 0 Å². The van der Waals surface area contributed by atoms with Crippen molar-refractivity contribution in [1.29, 1.82) is 0 Å². The van der Waals surface area contributed by atoms with Crippen molar-refractivity contribution in [1.82, 2.24) is 0 Å². The monoisotopic (exact) mass is 362 g/mol. The zero-order chi connectivity index (χ0) is 18.3. The molecule has 2 rings (SSSR count). The number of benzene rings is 1. The Balaban J connectivity index is 1.94. The first-order valence-corrected chi connectivity index (χ1v) is 10.4. The molecule has 0 aliphatic carbocycles. The van der Waals surface area contributed by atoms with Crippen LogP contribution in [0.4, 0.5) is 0 Å². The summed E-state index contributed by atoms with van der Waals surface area (Å²) in [5, 5.41) is 9.72. The summed E-state index contributed by atoms with van der Waals surface area (Å²) in [5.41, 5.74) is 0.247. The Morgan fingerprint density at radius 3 is 2.32 bits per heavy atom. The van der Waals surface area contributed by atoms with Gasteiger partial charge in [-0.15, -0.1) is 0 Å². The topological polar surface area (TPSA) is 54.4 Å². The third kappa shape index (κ3) is 4.66. The Morgan fingerprint density at radius 1 is 1.08 bits per heavy atom. The fourth-order valence-corrected chi connectivity index (χ4v) is 4.97. The highest BCUT2D eigenvalue weighted by Crippen LogP contribution is 2.45. The van der Waals surface area contributed by atoms with Gasteiger partial charge in [-0.3, -0.25) is 9.59 Å². The maximum absolute atomic E-state index is 12.4. The van der Waals surface area contributed by atoms with Gasteiger partial charge in [0.25, 0.3) is 0 Å². The second-order valence-electron chi connectivity index (χ2n) is 7.21. The number of unbranched alkanes of at least 4 members (excludes halogenated alkanes) is 7. The van der Waals surface area contributed by atoms with E-state index in [9.17, 15) is 14.7 Å². The van der Waals surface area contributed by atoms with Crippen LogP contribution in [-0.2, 0) is 10.2 Å². The van der Waals surface area contributed by atoms with Gasteiger partial charge in [0.15, 0.2) is 0 Å². The largest absolute Gasteiger partial charge is 0.481 e. The molecular weight excluding hydrogens is 332 g/mol. The van der Waals surface area contributed by atoms with Crippen molar-refractivity contribution >= 4 is 22.8 Å². The maximum atomic E-state index is 12.4. The van der Waals surface area contributed by atoms with Crippen LogP contribution >= 0.6 is 11.8 Å². The lowest BCUT2D eigenvalue weighted by Crippen LogP contribution is -2.46. The molecule has 0 fully saturated rings. The predicted octanol–water partition coefficient (Wildman–Crippen LogP) is 5.82. The molecule has 0 bridgehead atoms. The lowest BCUT2D eigenvalue weighted by Gasteiger charge is -2.38. The lowest BCUT2D eigenvalue weighted by atomic mass is 9.75. The maximum Gasteiger partial charge on any atom is 0.315 e. The van der Waals surface area contributed by atoms with Crippen LogP contribution < -0.4 is 0 Å². The standard InChI is InChI=1S/C21H30O3S/c1-3-4-5-6-7-8-9-10-15-18-21(2,20(23)24)17-14-12-11-13-16(17)19(22)25-18/h11-14,18H,3-10,15H2,1-2H3,(H,23,24). The highest BCUT2D eigenvalue weighted by atomic mass is 32.2. The quantitative estimate of drug-likeness (QED) is 0.533. The number of rotatable bonds is 10. The Labute approximate surface area is 155 Å². The van der Waals surface area contributed by atoms with Crippen LogP contribution in [0.2, 0.25) is 0 Å². The van der Waals surface area contributed by atoms with Crippen LogP contribution in [0.15, 0.2) is 24.3 Å². The SMILES string of the molecule is CCCCCCCCCCC1SC(=O)c2ccccc2C1(C)C(=O)O. The summed E-state index contributed by atoms with van der Waals surface area (Å²) >= 11 is 1.22. The third-order valence-corrected chi connectivity index (χ3v) is 6.79. The van der Waals surface area contributed by atoms with Gasteiger partial charge in [-0.1, -0.05) is 94.3 Å². The fraction of sp³-hybridized carbons (Fsp3) is 0.619. The van der Waals surface area contributed by atoms with Crippen LogP contribution in [0.25, 0.3) is 0 Å². The number of aliphatic carboxylic acids is 1. The Bertz CT molecular complexity index is 599. The zero-order valence-corrected chi connectivity index (χ0v) is 16.2. The summed E-state index contributed by atoms with van der Waals surface area (Å²) in [6, 6.07) is 7.19. The first-order chi connectivity index (χ1) is 12.0. The van der Waals surface area contributed by atoms with E-state index >= 15 is 0 Å². The molecule has 0 saturated heterocycles. The van der Waals surface area contributed by atoms with Gasteiger partial charge < -0.3 is 5.11 Å². The lowest BCUT2D eigenvalue weighted by molar-refractivity contribution is -0.143. The Hall–Kier alpha value is -1.29. The van der Waals surface area contributed by atoms with E-state index in [1.165, 1.54) is 50.3 Å². The summed E-state index contributed by atoms with van der Waals surface area (Å²) in [4.78, 5) is 24.5. The molecular formula is C21H30O3S. The number of carbonyl (C=O) groups is 2. The van der Waals surface area contributed by atoms with Gasteiger partial charge in [0.1, 0.15) is 5.41 Å². The molecule has 0 aromatic heterocycles. The molecule has 0 radical (unpaired) electrons. The first kappa shape index (κ1) is 20.0. The molecule has 0 saturated carbocycles. The molecule has 4 heteroatoms. The van der Waals surface area contributed by atoms with Gasteiger partial charge in [0, 0.05) is 10.8 Å². The molecule has 1 aliphatic heterocycles. The Morgan fingerprint density at radius 2 is 1.68 bits per heavy atom. The third-order valence-electron chi connectivity index (χ3n) is 5.36. The number of carboxylic acid groups (broad SMARTS) is 1. The van der Waals surface area contributed by atoms with Gasteiger partial charge in [-0.2, -0.15) is 0 Å². The first-order valence-electron chi connectivity index (χ1n) is 9.55. The van der Waals surface area contributed by atoms with Crippen LogP contribution in [0, 0.1) is 0 Å². The minimum atomic E-state index is -0.990. The number of thioether (sulfide) groups is 1. The highest BCUT2D eigenvalue weighted by Gasteiger charge is 2.49. The number of hydrogen-bond donors (Lipinski definition) is 1. The van der Waals surface area contributed by atoms with Crippen LogP contribution in [0.3, 0.4) is 0 Å². The molecule has 1 aromatic carbocycles. The molecule has 2 atom stereocenters. The molecule has 138 valence electrons. The van der Waals surface area contributed by atoms with E-state index in [2.05, 4.69) is 6.92 Å². The summed E-state index contributed by atoms with van der Waals surface area (Å²) in [6.45, 7) is 4.00. The van der Waals surface area contributed by atoms with Crippen molar-refractivity contribution in [3.8, 4) is 0 Å². The highest BCUT2D eigenvalue weighted by molar-refractivity contribution is 8.14. The summed E-state index contributed by atoms with van der Waals surface area (Å²) in [5.74, 6) is -0.829. The predicted molar refractivity (Wildman–Crippen MR) is 104 cm³/mol. The molecule has 1 aromatic rings. The van der Waals surface area contributed by atoms with E-state index in [-0.39, 0.29) is 10.4 Å². The van der Waals surface area contributed by atoms with Crippen molar-refractivity contribution in [2.75, 3.05) is 0 Å². The Kier molecular flexibility index (Phi) is 7.55. The number of carbonyl (C=O) groups excluding carboxylic acids is 1. The second-order valence-corrected chi connectivity index (χ2v) is 8.39. The molecule has 1 heterocycles. The zero-order valence-electron chi connectivity index (χ0n) is 15.4. The van der Waals surface area contributed by atoms with Crippen molar-refractivity contribution in [2.45, 2.75) is 82.3 Å². The average Bonchev–Trinajstić information content (AvgIpc) is 2.61. The summed E-state index contributed by atoms with van der Waals surface area (Å²) < 4.78 is 0. The molecule has 2 unspecified atom stereocenters. The van der Waals surface area contributed by atoms with E-state index in [1.54, 1.807) is 19.1 Å². The molecule has 3 nitrogen and oxygen atoms in total. The minimum Gasteiger partial charge on any atom is -0.481 e. The second kappa shape index (κ2) is 9.42. The van der Waals surface area contributed by atoms with Crippen molar-refractivity contribution in [3.63, 3.8) is 0 Å². The smallest absolute Gasteiger partial charge is 0.315 e. The summed E-state index contributed by atoms with van der Waals surface area (Å²) in [7, 11) is 0. The molecule has 1 N–H and O–H groups in total. The van der Waals surface area contributed by atoms with Crippen molar-refractivity contribution < 1.29 is 14.7 Å². The van der Waals surface area contributed by atoms with Crippen LogP contribution in [0.5, 0.6) is 0 Å². The van der Waals surface area contributed by atoms with Crippen molar-refractivity contribution in [3.05, 3.63) is 35.4 Å². The average molecular weight is 363 g/mol. The van der Waals surface area contributed by atoms with Gasteiger partial charge in [-0.05, 0) is 18.9 Å². The molecule has 0 amide bonds. The van der Waals surface area contributed by atoms with Gasteiger partial charge in [0.2, 0.25) is 5.12 Å². The van der Waals surface area contributed by atoms with E-state index < -0.39 is 11.4 Å². The van der Waals surface area contributed by atoms with Crippen molar-refractivity contribution in [2.24, 2.45) is 0 Å². The van der Waals surface area contributed by atoms with Crippen LogP contribution in [0.1, 0.15) is 87.6 Å². The summed E-state index contributed by atoms with van der Waals surface area (Å²) in [6.07, 6.45) is 10.5. The normalized spacial score (nSPS) is 22.6. The molecule has 25 heavy (non-hydrogen) atoms. The molecule has 0 spiro atoms. The minimum absolute atomic E-state index is 0.0129. The number of fused-ring (bicyclic) bond motifs is 1. The van der Waals surface area contributed by atoms with E-state index in [0.717, 1.165) is 19.3 Å². The van der Waals surface area contributed by atoms with Gasteiger partial charge in [0.05, 0.1) is 0 Å². The molecule has 1 aliphatic rings. The fourth-order valence-electron chi connectivity index (χ4n) is 3.66. The van der Waals surface area contributed by atoms with Crippen LogP contribution in [-0.4, -0.2) is 21.4 Å². The van der Waals surface area contributed by atoms with Gasteiger partial charge >= 0.3 is 5.97 Å². The van der Waals surface area contributed by atoms with E-state index in [0.29, 0.717) is 11.1 Å². The number of carboxylic acids is 1. The van der Waals surface area contributed by atoms with E-state index in [4.69, 9.17) is 0 Å². The number of hydrogen-bond acceptors (Lipinski definition) is 3.